The second kappa shape index (κ2) is 6.67. The second-order valence-electron chi connectivity index (χ2n) is 7.82. The van der Waals surface area contributed by atoms with Crippen LogP contribution >= 0.6 is 0 Å². The zero-order valence-corrected chi connectivity index (χ0v) is 16.2. The Morgan fingerprint density at radius 1 is 1.04 bits per heavy atom. The van der Waals surface area contributed by atoms with E-state index in [1.807, 2.05) is 30.9 Å². The van der Waals surface area contributed by atoms with E-state index in [2.05, 4.69) is 28.6 Å². The predicted octanol–water partition coefficient (Wildman–Crippen LogP) is 4.70. The summed E-state index contributed by atoms with van der Waals surface area (Å²) in [5.41, 5.74) is 5.88. The molecule has 1 saturated heterocycles. The third-order valence-electron chi connectivity index (χ3n) is 5.76. The van der Waals surface area contributed by atoms with E-state index in [0.717, 1.165) is 70.1 Å². The summed E-state index contributed by atoms with van der Waals surface area (Å²) in [5, 5.41) is 9.83. The average Bonchev–Trinajstić information content (AvgIpc) is 3.08. The smallest absolute Gasteiger partial charge is 0.124 e. The van der Waals surface area contributed by atoms with Crippen molar-refractivity contribution >= 4 is 21.8 Å². The maximum Gasteiger partial charge on any atom is 0.124 e. The van der Waals surface area contributed by atoms with Gasteiger partial charge in [-0.1, -0.05) is 6.07 Å². The third-order valence-corrected chi connectivity index (χ3v) is 5.76. The molecule has 3 heterocycles. The first kappa shape index (κ1) is 17.3. The average molecular weight is 374 g/mol. The standard InChI is InChI=1S/C23H23FN4/c1-14-9-17(10-18-13-28(2)27-22(14)18)20-12-19(24)11-16-3-4-21(26-23(16)20)15-5-7-25-8-6-15/h3-4,9-13,15,25H,5-8H2,1-2H3. The van der Waals surface area contributed by atoms with Gasteiger partial charge in [0.2, 0.25) is 0 Å². The Balaban J connectivity index is 1.71. The summed E-state index contributed by atoms with van der Waals surface area (Å²) in [6.45, 7) is 4.10. The lowest BCUT2D eigenvalue weighted by molar-refractivity contribution is 0.454. The Kier molecular flexibility index (Phi) is 4.13. The number of halogens is 1. The Morgan fingerprint density at radius 2 is 1.86 bits per heavy atom. The first-order valence-corrected chi connectivity index (χ1v) is 9.84. The highest BCUT2D eigenvalue weighted by Gasteiger charge is 2.18. The van der Waals surface area contributed by atoms with Crippen LogP contribution in [0.2, 0.25) is 0 Å². The molecule has 1 aliphatic heterocycles. The van der Waals surface area contributed by atoms with Gasteiger partial charge in [-0.3, -0.25) is 9.67 Å². The molecule has 4 aromatic rings. The molecule has 0 amide bonds. The summed E-state index contributed by atoms with van der Waals surface area (Å²) in [5.74, 6) is 0.231. The molecule has 0 saturated carbocycles. The maximum atomic E-state index is 14.4. The van der Waals surface area contributed by atoms with Crippen molar-refractivity contribution in [2.45, 2.75) is 25.7 Å². The molecule has 5 rings (SSSR count). The number of aromatic nitrogens is 3. The summed E-state index contributed by atoms with van der Waals surface area (Å²) in [4.78, 5) is 5.02. The molecule has 1 N–H and O–H groups in total. The molecule has 142 valence electrons. The highest BCUT2D eigenvalue weighted by atomic mass is 19.1. The molecule has 5 heteroatoms. The molecule has 0 radical (unpaired) electrons. The fourth-order valence-corrected chi connectivity index (χ4v) is 4.36. The Labute approximate surface area is 163 Å². The molecule has 0 spiro atoms. The number of hydrogen-bond acceptors (Lipinski definition) is 3. The van der Waals surface area contributed by atoms with Crippen molar-refractivity contribution < 1.29 is 4.39 Å². The number of hydrogen-bond donors (Lipinski definition) is 1. The number of nitrogens with one attached hydrogen (secondary N) is 1. The molecule has 0 bridgehead atoms. The molecule has 1 aliphatic rings. The number of nitrogens with zero attached hydrogens (tertiary/aromatic N) is 3. The molecule has 2 aromatic carbocycles. The monoisotopic (exact) mass is 374 g/mol. The summed E-state index contributed by atoms with van der Waals surface area (Å²) in [6, 6.07) is 11.4. The molecule has 0 aliphatic carbocycles. The quantitative estimate of drug-likeness (QED) is 0.553. The SMILES string of the molecule is Cc1cc(-c2cc(F)cc3ccc(C4CCNCC4)nc23)cc2cn(C)nc12. The maximum absolute atomic E-state index is 14.4. The van der Waals surface area contributed by atoms with Crippen LogP contribution in [0, 0.1) is 12.7 Å². The van der Waals surface area contributed by atoms with E-state index >= 15 is 0 Å². The van der Waals surface area contributed by atoms with Gasteiger partial charge in [0.1, 0.15) is 5.82 Å². The molecule has 2 aromatic heterocycles. The number of piperidine rings is 1. The zero-order valence-electron chi connectivity index (χ0n) is 16.2. The lowest BCUT2D eigenvalue weighted by Crippen LogP contribution is -2.27. The van der Waals surface area contributed by atoms with Crippen molar-refractivity contribution in [3.8, 4) is 11.1 Å². The van der Waals surface area contributed by atoms with Crippen LogP contribution in [0.3, 0.4) is 0 Å². The highest BCUT2D eigenvalue weighted by Crippen LogP contribution is 2.34. The minimum Gasteiger partial charge on any atom is -0.317 e. The first-order valence-electron chi connectivity index (χ1n) is 9.84. The normalized spacial score (nSPS) is 15.5. The van der Waals surface area contributed by atoms with E-state index in [1.54, 1.807) is 12.1 Å². The fourth-order valence-electron chi connectivity index (χ4n) is 4.36. The molecular weight excluding hydrogens is 351 g/mol. The number of pyridine rings is 1. The lowest BCUT2D eigenvalue weighted by Gasteiger charge is -2.22. The summed E-state index contributed by atoms with van der Waals surface area (Å²) in [6.07, 6.45) is 4.19. The summed E-state index contributed by atoms with van der Waals surface area (Å²) < 4.78 is 16.2. The minimum atomic E-state index is -0.233. The van der Waals surface area contributed by atoms with Crippen LogP contribution in [0.25, 0.3) is 32.9 Å². The van der Waals surface area contributed by atoms with E-state index in [-0.39, 0.29) is 5.82 Å². The van der Waals surface area contributed by atoms with Crippen LogP contribution in [-0.2, 0) is 7.05 Å². The Bertz CT molecular complexity index is 1190. The molecule has 1 fully saturated rings. The van der Waals surface area contributed by atoms with Gasteiger partial charge in [-0.15, -0.1) is 0 Å². The van der Waals surface area contributed by atoms with Gasteiger partial charge in [0, 0.05) is 41.2 Å². The Morgan fingerprint density at radius 3 is 2.68 bits per heavy atom. The van der Waals surface area contributed by atoms with E-state index in [4.69, 9.17) is 4.98 Å². The van der Waals surface area contributed by atoms with Crippen LogP contribution in [-0.4, -0.2) is 27.9 Å². The summed E-state index contributed by atoms with van der Waals surface area (Å²) >= 11 is 0. The van der Waals surface area contributed by atoms with E-state index in [0.29, 0.717) is 5.92 Å². The highest BCUT2D eigenvalue weighted by molar-refractivity contribution is 5.97. The van der Waals surface area contributed by atoms with E-state index in [9.17, 15) is 4.39 Å². The Hall–Kier alpha value is -2.79. The van der Waals surface area contributed by atoms with E-state index < -0.39 is 0 Å². The number of rotatable bonds is 2. The van der Waals surface area contributed by atoms with Gasteiger partial charge in [-0.2, -0.15) is 5.10 Å². The van der Waals surface area contributed by atoms with Crippen molar-refractivity contribution in [2.75, 3.05) is 13.1 Å². The van der Waals surface area contributed by atoms with Gasteiger partial charge in [0.05, 0.1) is 11.0 Å². The zero-order chi connectivity index (χ0) is 19.3. The molecule has 28 heavy (non-hydrogen) atoms. The van der Waals surface area contributed by atoms with E-state index in [1.165, 1.54) is 0 Å². The van der Waals surface area contributed by atoms with Gasteiger partial charge in [-0.25, -0.2) is 4.39 Å². The van der Waals surface area contributed by atoms with Crippen molar-refractivity contribution in [1.82, 2.24) is 20.1 Å². The predicted molar refractivity (Wildman–Crippen MR) is 111 cm³/mol. The second-order valence-corrected chi connectivity index (χ2v) is 7.82. The van der Waals surface area contributed by atoms with Crippen molar-refractivity contribution in [2.24, 2.45) is 7.05 Å². The molecule has 0 unspecified atom stereocenters. The number of benzene rings is 2. The molecule has 4 nitrogen and oxygen atoms in total. The van der Waals surface area contributed by atoms with Crippen LogP contribution in [0.5, 0.6) is 0 Å². The van der Waals surface area contributed by atoms with Crippen LogP contribution in [0.15, 0.2) is 42.6 Å². The van der Waals surface area contributed by atoms with Crippen molar-refractivity contribution in [1.29, 1.82) is 0 Å². The number of aryl methyl sites for hydroxylation is 2. The summed E-state index contributed by atoms with van der Waals surface area (Å²) in [7, 11) is 1.92. The number of fused-ring (bicyclic) bond motifs is 2. The fraction of sp³-hybridized carbons (Fsp3) is 0.304. The van der Waals surface area contributed by atoms with Crippen LogP contribution in [0.1, 0.15) is 30.0 Å². The van der Waals surface area contributed by atoms with Crippen molar-refractivity contribution in [3.05, 3.63) is 59.7 Å². The minimum absolute atomic E-state index is 0.233. The van der Waals surface area contributed by atoms with Crippen LogP contribution in [0.4, 0.5) is 4.39 Å². The molecule has 0 atom stereocenters. The lowest BCUT2D eigenvalue weighted by atomic mass is 9.92. The van der Waals surface area contributed by atoms with Gasteiger partial charge in [0.25, 0.3) is 0 Å². The third kappa shape index (κ3) is 2.96. The van der Waals surface area contributed by atoms with Crippen LogP contribution < -0.4 is 5.32 Å². The van der Waals surface area contributed by atoms with Gasteiger partial charge < -0.3 is 5.32 Å². The van der Waals surface area contributed by atoms with Gasteiger partial charge in [0.15, 0.2) is 0 Å². The van der Waals surface area contributed by atoms with Crippen molar-refractivity contribution in [3.63, 3.8) is 0 Å². The molecular formula is C23H23FN4. The first-order chi connectivity index (χ1) is 13.6. The van der Waals surface area contributed by atoms with Gasteiger partial charge >= 0.3 is 0 Å². The topological polar surface area (TPSA) is 42.7 Å². The largest absolute Gasteiger partial charge is 0.317 e. The van der Waals surface area contributed by atoms with Gasteiger partial charge in [-0.05, 0) is 74.3 Å².